The number of para-hydroxylation sites is 2. The molecule has 0 radical (unpaired) electrons. The molecule has 0 bridgehead atoms. The predicted molar refractivity (Wildman–Crippen MR) is 80.0 cm³/mol. The van der Waals surface area contributed by atoms with Crippen LogP contribution in [0, 0.1) is 0 Å². The maximum atomic E-state index is 12.0. The standard InChI is InChI=1S/C16H16N2O2/c1-3-11-18(12-4-2)16(19)10-9-15-17-13-7-5-6-8-14(13)20-15/h3-10H,1-2,11-12H2. The average Bonchev–Trinajstić information content (AvgIpc) is 2.87. The highest BCUT2D eigenvalue weighted by Gasteiger charge is 2.07. The van der Waals surface area contributed by atoms with Crippen LogP contribution in [0.25, 0.3) is 17.2 Å². The van der Waals surface area contributed by atoms with Crippen molar-refractivity contribution in [3.63, 3.8) is 0 Å². The summed E-state index contributed by atoms with van der Waals surface area (Å²) in [5, 5.41) is 0. The summed E-state index contributed by atoms with van der Waals surface area (Å²) in [6.07, 6.45) is 6.36. The Balaban J connectivity index is 2.12. The third kappa shape index (κ3) is 3.23. The molecule has 2 aromatic rings. The summed E-state index contributed by atoms with van der Waals surface area (Å²) in [4.78, 5) is 17.9. The molecule has 1 aromatic carbocycles. The zero-order chi connectivity index (χ0) is 14.4. The van der Waals surface area contributed by atoms with Gasteiger partial charge in [0.15, 0.2) is 5.58 Å². The van der Waals surface area contributed by atoms with Crippen LogP contribution >= 0.6 is 0 Å². The number of hydrogen-bond donors (Lipinski definition) is 0. The van der Waals surface area contributed by atoms with Crippen LogP contribution in [-0.4, -0.2) is 28.9 Å². The zero-order valence-electron chi connectivity index (χ0n) is 11.2. The topological polar surface area (TPSA) is 46.3 Å². The summed E-state index contributed by atoms with van der Waals surface area (Å²) in [7, 11) is 0. The molecule has 4 heteroatoms. The Hall–Kier alpha value is -2.62. The Morgan fingerprint density at radius 2 is 1.95 bits per heavy atom. The number of aromatic nitrogens is 1. The quantitative estimate of drug-likeness (QED) is 0.597. The van der Waals surface area contributed by atoms with Crippen LogP contribution in [0.4, 0.5) is 0 Å². The van der Waals surface area contributed by atoms with Gasteiger partial charge in [0, 0.05) is 25.2 Å². The van der Waals surface area contributed by atoms with Crippen molar-refractivity contribution < 1.29 is 9.21 Å². The fraction of sp³-hybridized carbons (Fsp3) is 0.125. The van der Waals surface area contributed by atoms with Gasteiger partial charge < -0.3 is 9.32 Å². The van der Waals surface area contributed by atoms with Crippen molar-refractivity contribution in [2.24, 2.45) is 0 Å². The van der Waals surface area contributed by atoms with Gasteiger partial charge in [-0.05, 0) is 12.1 Å². The lowest BCUT2D eigenvalue weighted by Crippen LogP contribution is -2.29. The van der Waals surface area contributed by atoms with Gasteiger partial charge in [-0.15, -0.1) is 13.2 Å². The van der Waals surface area contributed by atoms with Gasteiger partial charge in [-0.1, -0.05) is 24.3 Å². The number of carbonyl (C=O) groups is 1. The van der Waals surface area contributed by atoms with E-state index < -0.39 is 0 Å². The third-order valence-corrected chi connectivity index (χ3v) is 2.69. The van der Waals surface area contributed by atoms with Crippen molar-refractivity contribution in [3.05, 3.63) is 61.5 Å². The van der Waals surface area contributed by atoms with Crippen molar-refractivity contribution in [2.75, 3.05) is 13.1 Å². The number of fused-ring (bicyclic) bond motifs is 1. The molecule has 0 saturated heterocycles. The van der Waals surface area contributed by atoms with Crippen LogP contribution < -0.4 is 0 Å². The second kappa shape index (κ2) is 6.52. The van der Waals surface area contributed by atoms with Gasteiger partial charge in [-0.2, -0.15) is 0 Å². The lowest BCUT2D eigenvalue weighted by molar-refractivity contribution is -0.125. The van der Waals surface area contributed by atoms with Gasteiger partial charge in [-0.25, -0.2) is 4.98 Å². The van der Waals surface area contributed by atoms with E-state index in [0.717, 1.165) is 5.52 Å². The Morgan fingerprint density at radius 1 is 1.25 bits per heavy atom. The van der Waals surface area contributed by atoms with Crippen LogP contribution in [0.2, 0.25) is 0 Å². The molecule has 1 aromatic heterocycles. The van der Waals surface area contributed by atoms with Crippen LogP contribution in [-0.2, 0) is 4.79 Å². The lowest BCUT2D eigenvalue weighted by atomic mass is 10.3. The maximum Gasteiger partial charge on any atom is 0.247 e. The van der Waals surface area contributed by atoms with Gasteiger partial charge >= 0.3 is 0 Å². The van der Waals surface area contributed by atoms with E-state index in [1.807, 2.05) is 24.3 Å². The van der Waals surface area contributed by atoms with Crippen LogP contribution in [0.5, 0.6) is 0 Å². The molecule has 4 nitrogen and oxygen atoms in total. The van der Waals surface area contributed by atoms with Crippen molar-refractivity contribution in [1.29, 1.82) is 0 Å². The normalized spacial score (nSPS) is 10.8. The lowest BCUT2D eigenvalue weighted by Gasteiger charge is -2.16. The van der Waals surface area contributed by atoms with Crippen molar-refractivity contribution >= 4 is 23.1 Å². The number of amides is 1. The van der Waals surface area contributed by atoms with Crippen molar-refractivity contribution in [2.45, 2.75) is 0 Å². The largest absolute Gasteiger partial charge is 0.437 e. The molecule has 0 N–H and O–H groups in total. The summed E-state index contributed by atoms with van der Waals surface area (Å²) < 4.78 is 5.51. The van der Waals surface area contributed by atoms with Gasteiger partial charge in [-0.3, -0.25) is 4.79 Å². The fourth-order valence-corrected chi connectivity index (χ4v) is 1.78. The first-order chi connectivity index (χ1) is 9.74. The van der Waals surface area contributed by atoms with E-state index in [9.17, 15) is 4.79 Å². The Bertz CT molecular complexity index is 612. The van der Waals surface area contributed by atoms with E-state index in [2.05, 4.69) is 18.1 Å². The Morgan fingerprint density at radius 3 is 2.60 bits per heavy atom. The molecule has 0 atom stereocenters. The number of nitrogens with zero attached hydrogens (tertiary/aromatic N) is 2. The predicted octanol–water partition coefficient (Wildman–Crippen LogP) is 3.04. The molecule has 0 spiro atoms. The Labute approximate surface area is 117 Å². The third-order valence-electron chi connectivity index (χ3n) is 2.69. The van der Waals surface area contributed by atoms with E-state index in [0.29, 0.717) is 24.6 Å². The summed E-state index contributed by atoms with van der Waals surface area (Å²) in [5.41, 5.74) is 1.47. The second-order valence-corrected chi connectivity index (χ2v) is 4.17. The number of rotatable bonds is 6. The van der Waals surface area contributed by atoms with Crippen molar-refractivity contribution in [3.8, 4) is 0 Å². The smallest absolute Gasteiger partial charge is 0.247 e. The second-order valence-electron chi connectivity index (χ2n) is 4.17. The molecule has 0 saturated carbocycles. The minimum Gasteiger partial charge on any atom is -0.437 e. The van der Waals surface area contributed by atoms with Crippen molar-refractivity contribution in [1.82, 2.24) is 9.88 Å². The minimum atomic E-state index is -0.132. The van der Waals surface area contributed by atoms with E-state index in [1.54, 1.807) is 23.1 Å². The molecule has 0 fully saturated rings. The highest BCUT2D eigenvalue weighted by molar-refractivity contribution is 5.91. The maximum absolute atomic E-state index is 12.0. The number of benzene rings is 1. The molecule has 2 rings (SSSR count). The highest BCUT2D eigenvalue weighted by Crippen LogP contribution is 2.15. The molecule has 20 heavy (non-hydrogen) atoms. The molecule has 0 unspecified atom stereocenters. The molecule has 1 heterocycles. The first kappa shape index (κ1) is 13.8. The van der Waals surface area contributed by atoms with E-state index in [1.165, 1.54) is 6.08 Å². The Kier molecular flexibility index (Phi) is 4.50. The molecular weight excluding hydrogens is 252 g/mol. The monoisotopic (exact) mass is 268 g/mol. The summed E-state index contributed by atoms with van der Waals surface area (Å²) >= 11 is 0. The first-order valence-corrected chi connectivity index (χ1v) is 6.29. The van der Waals surface area contributed by atoms with Gasteiger partial charge in [0.05, 0.1) is 0 Å². The number of carbonyl (C=O) groups excluding carboxylic acids is 1. The summed E-state index contributed by atoms with van der Waals surface area (Å²) in [6.45, 7) is 8.21. The van der Waals surface area contributed by atoms with E-state index >= 15 is 0 Å². The zero-order valence-corrected chi connectivity index (χ0v) is 11.2. The van der Waals surface area contributed by atoms with Crippen LogP contribution in [0.1, 0.15) is 5.89 Å². The number of oxazole rings is 1. The minimum absolute atomic E-state index is 0.132. The molecule has 1 amide bonds. The molecular formula is C16H16N2O2. The van der Waals surface area contributed by atoms with Gasteiger partial charge in [0.25, 0.3) is 0 Å². The van der Waals surface area contributed by atoms with Crippen LogP contribution in [0.3, 0.4) is 0 Å². The molecule has 0 aliphatic carbocycles. The average molecular weight is 268 g/mol. The van der Waals surface area contributed by atoms with Gasteiger partial charge in [0.1, 0.15) is 5.52 Å². The fourth-order valence-electron chi connectivity index (χ4n) is 1.78. The van der Waals surface area contributed by atoms with Gasteiger partial charge in [0.2, 0.25) is 11.8 Å². The summed E-state index contributed by atoms with van der Waals surface area (Å²) in [6, 6.07) is 7.46. The van der Waals surface area contributed by atoms with E-state index in [-0.39, 0.29) is 5.91 Å². The molecule has 0 aliphatic heterocycles. The van der Waals surface area contributed by atoms with E-state index in [4.69, 9.17) is 4.42 Å². The highest BCUT2D eigenvalue weighted by atomic mass is 16.3. The molecule has 0 aliphatic rings. The number of hydrogen-bond acceptors (Lipinski definition) is 3. The summed E-state index contributed by atoms with van der Waals surface area (Å²) in [5.74, 6) is 0.281. The first-order valence-electron chi connectivity index (χ1n) is 6.29. The SMILES string of the molecule is C=CCN(CC=C)C(=O)C=Cc1nc2ccccc2o1. The molecule has 102 valence electrons. The van der Waals surface area contributed by atoms with Crippen LogP contribution in [0.15, 0.2) is 60.1 Å².